The van der Waals surface area contributed by atoms with E-state index in [1.54, 1.807) is 11.6 Å². The number of furan rings is 1. The van der Waals surface area contributed by atoms with E-state index in [0.717, 1.165) is 28.3 Å². The van der Waals surface area contributed by atoms with E-state index in [0.29, 0.717) is 18.2 Å². The van der Waals surface area contributed by atoms with Crippen LogP contribution in [0, 0.1) is 20.8 Å². The summed E-state index contributed by atoms with van der Waals surface area (Å²) in [6, 6.07) is 1.87. The molecule has 2 heterocycles. The molecule has 2 rings (SSSR count). The molecule has 1 unspecified atom stereocenters. The van der Waals surface area contributed by atoms with Gasteiger partial charge in [-0.2, -0.15) is 5.10 Å². The summed E-state index contributed by atoms with van der Waals surface area (Å²) in [6.07, 6.45) is 0. The molecule has 5 nitrogen and oxygen atoms in total. The SMILES string of the molecule is Cc1cc(C(C)(O)CNCc2c(C)nn(C)c2Cl)c(C)o1. The largest absolute Gasteiger partial charge is 0.466 e. The highest BCUT2D eigenvalue weighted by Crippen LogP contribution is 2.26. The summed E-state index contributed by atoms with van der Waals surface area (Å²) in [6.45, 7) is 8.39. The van der Waals surface area contributed by atoms with Crippen molar-refractivity contribution in [3.8, 4) is 0 Å². The molecule has 1 atom stereocenters. The number of aromatic nitrogens is 2. The lowest BCUT2D eigenvalue weighted by Gasteiger charge is -2.23. The normalized spacial score (nSPS) is 14.4. The lowest BCUT2D eigenvalue weighted by Crippen LogP contribution is -2.35. The van der Waals surface area contributed by atoms with Crippen molar-refractivity contribution in [2.45, 2.75) is 39.8 Å². The molecule has 0 aromatic carbocycles. The number of aryl methyl sites for hydroxylation is 4. The molecule has 0 saturated carbocycles. The van der Waals surface area contributed by atoms with Gasteiger partial charge in [0, 0.05) is 31.3 Å². The summed E-state index contributed by atoms with van der Waals surface area (Å²) in [5.74, 6) is 1.55. The summed E-state index contributed by atoms with van der Waals surface area (Å²) in [7, 11) is 1.81. The molecule has 2 aromatic heterocycles. The van der Waals surface area contributed by atoms with Gasteiger partial charge in [0.05, 0.1) is 5.69 Å². The first-order valence-corrected chi connectivity index (χ1v) is 7.28. The van der Waals surface area contributed by atoms with Gasteiger partial charge >= 0.3 is 0 Å². The summed E-state index contributed by atoms with van der Waals surface area (Å²) in [5, 5.41) is 18.8. The Morgan fingerprint density at radius 3 is 2.57 bits per heavy atom. The number of rotatable bonds is 5. The third-order valence-corrected chi connectivity index (χ3v) is 4.13. The molecule has 2 aromatic rings. The average molecular weight is 312 g/mol. The van der Waals surface area contributed by atoms with E-state index < -0.39 is 5.60 Å². The predicted octanol–water partition coefficient (Wildman–Crippen LogP) is 2.59. The van der Waals surface area contributed by atoms with E-state index in [1.165, 1.54) is 0 Å². The third-order valence-electron chi connectivity index (χ3n) is 3.66. The van der Waals surface area contributed by atoms with Crippen LogP contribution in [-0.4, -0.2) is 21.4 Å². The molecule has 0 saturated heterocycles. The Labute approximate surface area is 129 Å². The Morgan fingerprint density at radius 2 is 2.10 bits per heavy atom. The fraction of sp³-hybridized carbons (Fsp3) is 0.533. The molecule has 0 aliphatic heterocycles. The average Bonchev–Trinajstić information content (AvgIpc) is 2.83. The Morgan fingerprint density at radius 1 is 1.43 bits per heavy atom. The Hall–Kier alpha value is -1.30. The standard InChI is InChI=1S/C15H22ClN3O2/c1-9-6-13(11(3)21-9)15(4,20)8-17-7-12-10(2)18-19(5)14(12)16/h6,17,20H,7-8H2,1-5H3. The van der Waals surface area contributed by atoms with Crippen LogP contribution in [0.2, 0.25) is 5.15 Å². The number of nitrogens with zero attached hydrogens (tertiary/aromatic N) is 2. The summed E-state index contributed by atoms with van der Waals surface area (Å²) >= 11 is 6.19. The van der Waals surface area contributed by atoms with Crippen LogP contribution in [0.25, 0.3) is 0 Å². The van der Waals surface area contributed by atoms with Crippen LogP contribution in [0.1, 0.15) is 35.3 Å². The third kappa shape index (κ3) is 3.31. The lowest BCUT2D eigenvalue weighted by atomic mass is 9.96. The van der Waals surface area contributed by atoms with E-state index in [9.17, 15) is 5.11 Å². The molecule has 0 aliphatic rings. The zero-order valence-electron chi connectivity index (χ0n) is 13.1. The van der Waals surface area contributed by atoms with E-state index in [-0.39, 0.29) is 0 Å². The van der Waals surface area contributed by atoms with E-state index in [4.69, 9.17) is 16.0 Å². The second-order valence-electron chi connectivity index (χ2n) is 5.68. The van der Waals surface area contributed by atoms with E-state index in [1.807, 2.05) is 33.9 Å². The molecular weight excluding hydrogens is 290 g/mol. The minimum absolute atomic E-state index is 0.400. The highest BCUT2D eigenvalue weighted by atomic mass is 35.5. The fourth-order valence-corrected chi connectivity index (χ4v) is 2.81. The maximum absolute atomic E-state index is 10.6. The predicted molar refractivity (Wildman–Crippen MR) is 82.4 cm³/mol. The van der Waals surface area contributed by atoms with Gasteiger partial charge in [0.2, 0.25) is 0 Å². The number of aliphatic hydroxyl groups is 1. The first-order chi connectivity index (χ1) is 9.72. The lowest BCUT2D eigenvalue weighted by molar-refractivity contribution is 0.0551. The number of halogens is 1. The Kier molecular flexibility index (Phi) is 4.46. The van der Waals surface area contributed by atoms with Crippen molar-refractivity contribution in [2.24, 2.45) is 7.05 Å². The minimum Gasteiger partial charge on any atom is -0.466 e. The van der Waals surface area contributed by atoms with Crippen molar-refractivity contribution in [3.63, 3.8) is 0 Å². The van der Waals surface area contributed by atoms with Gasteiger partial charge in [0.25, 0.3) is 0 Å². The Bertz CT molecular complexity index is 644. The van der Waals surface area contributed by atoms with Crippen molar-refractivity contribution in [1.82, 2.24) is 15.1 Å². The van der Waals surface area contributed by atoms with Gasteiger partial charge in [-0.15, -0.1) is 0 Å². The smallest absolute Gasteiger partial charge is 0.131 e. The van der Waals surface area contributed by atoms with Crippen LogP contribution in [0.15, 0.2) is 10.5 Å². The van der Waals surface area contributed by atoms with Crippen LogP contribution in [0.5, 0.6) is 0 Å². The number of hydrogen-bond acceptors (Lipinski definition) is 4. The van der Waals surface area contributed by atoms with E-state index in [2.05, 4.69) is 10.4 Å². The molecule has 0 aliphatic carbocycles. The van der Waals surface area contributed by atoms with Gasteiger partial charge in [0.1, 0.15) is 22.3 Å². The van der Waals surface area contributed by atoms with Crippen LogP contribution in [0.3, 0.4) is 0 Å². The van der Waals surface area contributed by atoms with Crippen molar-refractivity contribution in [3.05, 3.63) is 39.6 Å². The first-order valence-electron chi connectivity index (χ1n) is 6.91. The molecular formula is C15H22ClN3O2. The highest BCUT2D eigenvalue weighted by Gasteiger charge is 2.27. The quantitative estimate of drug-likeness (QED) is 0.891. The molecule has 6 heteroatoms. The second-order valence-corrected chi connectivity index (χ2v) is 6.04. The van der Waals surface area contributed by atoms with Crippen molar-refractivity contribution in [1.29, 1.82) is 0 Å². The Balaban J connectivity index is 2.04. The van der Waals surface area contributed by atoms with Gasteiger partial charge in [-0.25, -0.2) is 0 Å². The second kappa shape index (κ2) is 5.83. The van der Waals surface area contributed by atoms with Crippen LogP contribution >= 0.6 is 11.6 Å². The van der Waals surface area contributed by atoms with Crippen molar-refractivity contribution in [2.75, 3.05) is 6.54 Å². The molecule has 116 valence electrons. The number of nitrogens with one attached hydrogen (secondary N) is 1. The van der Waals surface area contributed by atoms with Crippen LogP contribution in [0.4, 0.5) is 0 Å². The zero-order valence-corrected chi connectivity index (χ0v) is 13.9. The van der Waals surface area contributed by atoms with Gasteiger partial charge in [-0.1, -0.05) is 11.6 Å². The topological polar surface area (TPSA) is 63.2 Å². The summed E-state index contributed by atoms with van der Waals surface area (Å²) < 4.78 is 7.13. The monoisotopic (exact) mass is 311 g/mol. The van der Waals surface area contributed by atoms with Crippen LogP contribution in [-0.2, 0) is 19.2 Å². The van der Waals surface area contributed by atoms with Gasteiger partial charge in [0.15, 0.2) is 0 Å². The minimum atomic E-state index is -0.996. The van der Waals surface area contributed by atoms with Crippen LogP contribution < -0.4 is 5.32 Å². The van der Waals surface area contributed by atoms with Crippen molar-refractivity contribution < 1.29 is 9.52 Å². The first kappa shape index (κ1) is 16.1. The molecule has 2 N–H and O–H groups in total. The van der Waals surface area contributed by atoms with E-state index >= 15 is 0 Å². The van der Waals surface area contributed by atoms with Gasteiger partial charge in [-0.3, -0.25) is 4.68 Å². The number of hydrogen-bond donors (Lipinski definition) is 2. The summed E-state index contributed by atoms with van der Waals surface area (Å²) in [5.41, 5.74) is 1.66. The van der Waals surface area contributed by atoms with Gasteiger partial charge < -0.3 is 14.8 Å². The maximum Gasteiger partial charge on any atom is 0.131 e. The molecule has 0 amide bonds. The summed E-state index contributed by atoms with van der Waals surface area (Å²) in [4.78, 5) is 0. The molecule has 0 radical (unpaired) electrons. The fourth-order valence-electron chi connectivity index (χ4n) is 2.57. The maximum atomic E-state index is 10.6. The van der Waals surface area contributed by atoms with Gasteiger partial charge in [-0.05, 0) is 33.8 Å². The molecule has 0 spiro atoms. The molecule has 0 fully saturated rings. The zero-order chi connectivity index (χ0) is 15.8. The molecule has 21 heavy (non-hydrogen) atoms. The van der Waals surface area contributed by atoms with Crippen molar-refractivity contribution >= 4 is 11.6 Å². The molecule has 0 bridgehead atoms. The highest BCUT2D eigenvalue weighted by molar-refractivity contribution is 6.30.